The van der Waals surface area contributed by atoms with Crippen LogP contribution in [0.4, 0.5) is 0 Å². The molecule has 0 aromatic carbocycles. The molecule has 0 heterocycles. The largest absolute Gasteiger partial charge is 0.480 e. The molecule has 0 aromatic rings. The highest BCUT2D eigenvalue weighted by molar-refractivity contribution is 5.87. The third-order valence-electron chi connectivity index (χ3n) is 4.38. The number of rotatable bonds is 10. The first-order valence-corrected chi connectivity index (χ1v) is 8.77. The van der Waals surface area contributed by atoms with E-state index >= 15 is 0 Å². The van der Waals surface area contributed by atoms with Crippen molar-refractivity contribution in [2.24, 2.45) is 0 Å². The van der Waals surface area contributed by atoms with E-state index in [9.17, 15) is 19.5 Å². The predicted molar refractivity (Wildman–Crippen MR) is 88.0 cm³/mol. The molecule has 1 fully saturated rings. The summed E-state index contributed by atoms with van der Waals surface area (Å²) in [6, 6.07) is 0. The van der Waals surface area contributed by atoms with Crippen molar-refractivity contribution in [2.45, 2.75) is 77.2 Å². The molecule has 0 aliphatic heterocycles. The number of carboxylic acids is 1. The minimum atomic E-state index is -1.09. The molecule has 0 saturated heterocycles. The third-order valence-corrected chi connectivity index (χ3v) is 4.38. The maximum atomic E-state index is 12.1. The van der Waals surface area contributed by atoms with Crippen molar-refractivity contribution in [1.29, 1.82) is 0 Å². The number of hydrogen-bond donors (Lipinski definition) is 2. The van der Waals surface area contributed by atoms with Gasteiger partial charge >= 0.3 is 5.97 Å². The summed E-state index contributed by atoms with van der Waals surface area (Å²) in [5.74, 6) is -1.13. The monoisotopic (exact) mass is 326 g/mol. The zero-order valence-electron chi connectivity index (χ0n) is 14.4. The van der Waals surface area contributed by atoms with Crippen molar-refractivity contribution in [3.8, 4) is 0 Å². The van der Waals surface area contributed by atoms with E-state index < -0.39 is 11.5 Å². The van der Waals surface area contributed by atoms with E-state index in [0.29, 0.717) is 25.7 Å². The number of carboxylic acid groups (broad SMARTS) is 1. The minimum Gasteiger partial charge on any atom is -0.480 e. The molecule has 0 radical (unpaired) electrons. The van der Waals surface area contributed by atoms with Gasteiger partial charge in [-0.25, -0.2) is 4.79 Å². The van der Waals surface area contributed by atoms with Crippen LogP contribution in [0.25, 0.3) is 0 Å². The van der Waals surface area contributed by atoms with Crippen LogP contribution in [-0.2, 0) is 14.4 Å². The highest BCUT2D eigenvalue weighted by Crippen LogP contribution is 2.30. The molecule has 0 atom stereocenters. The molecule has 6 heteroatoms. The van der Waals surface area contributed by atoms with E-state index in [1.807, 2.05) is 18.7 Å². The molecular weight excluding hydrogens is 296 g/mol. The van der Waals surface area contributed by atoms with Crippen LogP contribution in [-0.4, -0.2) is 46.4 Å². The minimum absolute atomic E-state index is 0.0790. The van der Waals surface area contributed by atoms with Gasteiger partial charge in [-0.1, -0.05) is 26.7 Å². The SMILES string of the molecule is CCCN(CCC)C(=O)CCCC(=O)NC1(C(=O)O)CCCC1. The molecule has 1 aliphatic rings. The number of carbonyl (C=O) groups is 3. The van der Waals surface area contributed by atoms with Gasteiger partial charge < -0.3 is 15.3 Å². The van der Waals surface area contributed by atoms with Gasteiger partial charge in [0.25, 0.3) is 0 Å². The molecule has 2 N–H and O–H groups in total. The highest BCUT2D eigenvalue weighted by Gasteiger charge is 2.42. The van der Waals surface area contributed by atoms with Gasteiger partial charge in [0.1, 0.15) is 5.54 Å². The smallest absolute Gasteiger partial charge is 0.329 e. The molecule has 0 unspecified atom stereocenters. The molecule has 1 saturated carbocycles. The first-order chi connectivity index (χ1) is 10.9. The van der Waals surface area contributed by atoms with Crippen LogP contribution in [0.5, 0.6) is 0 Å². The first kappa shape index (κ1) is 19.5. The van der Waals surface area contributed by atoms with E-state index in [1.165, 1.54) is 0 Å². The second-order valence-corrected chi connectivity index (χ2v) is 6.38. The molecule has 1 aliphatic carbocycles. The quantitative estimate of drug-likeness (QED) is 0.645. The van der Waals surface area contributed by atoms with Gasteiger partial charge in [0.05, 0.1) is 0 Å². The average Bonchev–Trinajstić information content (AvgIpc) is 2.96. The Hall–Kier alpha value is -1.59. The molecule has 6 nitrogen and oxygen atoms in total. The maximum absolute atomic E-state index is 12.1. The van der Waals surface area contributed by atoms with E-state index in [4.69, 9.17) is 0 Å². The Morgan fingerprint density at radius 2 is 1.61 bits per heavy atom. The zero-order valence-corrected chi connectivity index (χ0v) is 14.4. The topological polar surface area (TPSA) is 86.7 Å². The summed E-state index contributed by atoms with van der Waals surface area (Å²) >= 11 is 0. The fourth-order valence-electron chi connectivity index (χ4n) is 3.16. The number of hydrogen-bond acceptors (Lipinski definition) is 3. The van der Waals surface area contributed by atoms with Crippen LogP contribution in [0.1, 0.15) is 71.6 Å². The first-order valence-electron chi connectivity index (χ1n) is 8.77. The van der Waals surface area contributed by atoms with Gasteiger partial charge in [-0.3, -0.25) is 9.59 Å². The van der Waals surface area contributed by atoms with Gasteiger partial charge in [0, 0.05) is 25.9 Å². The molecule has 1 rings (SSSR count). The Labute approximate surface area is 138 Å². The van der Waals surface area contributed by atoms with Crippen molar-refractivity contribution in [1.82, 2.24) is 10.2 Å². The predicted octanol–water partition coefficient (Wildman–Crippen LogP) is 2.32. The van der Waals surface area contributed by atoms with Crippen molar-refractivity contribution < 1.29 is 19.5 Å². The number of carbonyl (C=O) groups excluding carboxylic acids is 2. The molecule has 23 heavy (non-hydrogen) atoms. The van der Waals surface area contributed by atoms with Gasteiger partial charge in [-0.2, -0.15) is 0 Å². The van der Waals surface area contributed by atoms with E-state index in [2.05, 4.69) is 5.32 Å². The molecule has 0 aromatic heterocycles. The second kappa shape index (κ2) is 9.53. The summed E-state index contributed by atoms with van der Waals surface area (Å²) in [4.78, 5) is 37.4. The standard InChI is InChI=1S/C17H30N2O4/c1-3-12-19(13-4-2)15(21)9-7-8-14(20)18-17(16(22)23)10-5-6-11-17/h3-13H2,1-2H3,(H,18,20)(H,22,23). The molecule has 132 valence electrons. The summed E-state index contributed by atoms with van der Waals surface area (Å²) in [5, 5.41) is 12.0. The van der Waals surface area contributed by atoms with Crippen LogP contribution >= 0.6 is 0 Å². The maximum Gasteiger partial charge on any atom is 0.329 e. The lowest BCUT2D eigenvalue weighted by Crippen LogP contribution is -2.52. The normalized spacial score (nSPS) is 16.1. The number of nitrogens with one attached hydrogen (secondary N) is 1. The Balaban J connectivity index is 2.38. The third kappa shape index (κ3) is 5.84. The molecule has 0 spiro atoms. The van der Waals surface area contributed by atoms with Gasteiger partial charge in [-0.05, 0) is 32.1 Å². The van der Waals surface area contributed by atoms with Crippen molar-refractivity contribution in [3.05, 3.63) is 0 Å². The van der Waals surface area contributed by atoms with Crippen molar-refractivity contribution >= 4 is 17.8 Å². The van der Waals surface area contributed by atoms with Crippen LogP contribution in [0.3, 0.4) is 0 Å². The van der Waals surface area contributed by atoms with E-state index in [1.54, 1.807) is 0 Å². The van der Waals surface area contributed by atoms with Crippen LogP contribution < -0.4 is 5.32 Å². The second-order valence-electron chi connectivity index (χ2n) is 6.38. The fraction of sp³-hybridized carbons (Fsp3) is 0.824. The van der Waals surface area contributed by atoms with Crippen LogP contribution in [0.15, 0.2) is 0 Å². The van der Waals surface area contributed by atoms with Gasteiger partial charge in [0.2, 0.25) is 11.8 Å². The number of amides is 2. The van der Waals surface area contributed by atoms with E-state index in [-0.39, 0.29) is 18.2 Å². The van der Waals surface area contributed by atoms with E-state index in [0.717, 1.165) is 38.8 Å². The summed E-state index contributed by atoms with van der Waals surface area (Å²) in [5.41, 5.74) is -1.09. The van der Waals surface area contributed by atoms with Crippen LogP contribution in [0.2, 0.25) is 0 Å². The highest BCUT2D eigenvalue weighted by atomic mass is 16.4. The van der Waals surface area contributed by atoms with Crippen molar-refractivity contribution in [2.75, 3.05) is 13.1 Å². The summed E-state index contributed by atoms with van der Waals surface area (Å²) < 4.78 is 0. The van der Waals surface area contributed by atoms with Crippen molar-refractivity contribution in [3.63, 3.8) is 0 Å². The lowest BCUT2D eigenvalue weighted by atomic mass is 9.97. The van der Waals surface area contributed by atoms with Crippen LogP contribution in [0, 0.1) is 0 Å². The fourth-order valence-corrected chi connectivity index (χ4v) is 3.16. The Morgan fingerprint density at radius 1 is 1.04 bits per heavy atom. The Bertz CT molecular complexity index is 411. The molecule has 0 bridgehead atoms. The summed E-state index contributed by atoms with van der Waals surface area (Å²) in [6.07, 6.45) is 5.50. The number of nitrogens with zero attached hydrogens (tertiary/aromatic N) is 1. The molecular formula is C17H30N2O4. The average molecular weight is 326 g/mol. The Morgan fingerprint density at radius 3 is 2.09 bits per heavy atom. The molecule has 2 amide bonds. The Kier molecular flexibility index (Phi) is 8.06. The lowest BCUT2D eigenvalue weighted by molar-refractivity contribution is -0.147. The number of aliphatic carboxylic acids is 1. The van der Waals surface area contributed by atoms with Gasteiger partial charge in [0.15, 0.2) is 0 Å². The zero-order chi connectivity index (χ0) is 17.3. The lowest BCUT2D eigenvalue weighted by Gasteiger charge is -2.25. The summed E-state index contributed by atoms with van der Waals surface area (Å²) in [7, 11) is 0. The summed E-state index contributed by atoms with van der Waals surface area (Å²) in [6.45, 7) is 5.58. The van der Waals surface area contributed by atoms with Gasteiger partial charge in [-0.15, -0.1) is 0 Å².